The Morgan fingerprint density at radius 1 is 1.23 bits per heavy atom. The van der Waals surface area contributed by atoms with Gasteiger partial charge in [-0.15, -0.1) is 0 Å². The number of furan rings is 1. The standard InChI is InChI=1S/C16H17N3O3/c1-10-15(11-6-4-5-7-12(11)17-10)16(18(2)3)13-8-9-14(22-13)19(20)21/h4-9,16-17H,1-3H3. The fourth-order valence-corrected chi connectivity index (χ4v) is 2.89. The first-order valence-corrected chi connectivity index (χ1v) is 6.97. The molecule has 1 atom stereocenters. The highest BCUT2D eigenvalue weighted by molar-refractivity contribution is 5.85. The van der Waals surface area contributed by atoms with E-state index < -0.39 is 4.92 Å². The van der Waals surface area contributed by atoms with Gasteiger partial charge in [0, 0.05) is 22.2 Å². The number of hydrogen-bond donors (Lipinski definition) is 1. The maximum absolute atomic E-state index is 10.9. The van der Waals surface area contributed by atoms with Crippen molar-refractivity contribution < 1.29 is 9.34 Å². The highest BCUT2D eigenvalue weighted by atomic mass is 16.6. The van der Waals surface area contributed by atoms with Crippen molar-refractivity contribution in [3.05, 3.63) is 63.5 Å². The van der Waals surface area contributed by atoms with Crippen LogP contribution in [-0.2, 0) is 0 Å². The van der Waals surface area contributed by atoms with Crippen LogP contribution >= 0.6 is 0 Å². The van der Waals surface area contributed by atoms with Crippen LogP contribution in [0.5, 0.6) is 0 Å². The SMILES string of the molecule is Cc1[nH]c2ccccc2c1C(c1ccc([N+](=O)[O-])o1)N(C)C. The second-order valence-corrected chi connectivity index (χ2v) is 5.51. The Morgan fingerprint density at radius 2 is 1.95 bits per heavy atom. The number of benzene rings is 1. The molecule has 6 heteroatoms. The zero-order chi connectivity index (χ0) is 15.9. The maximum atomic E-state index is 10.9. The number of para-hydroxylation sites is 1. The average molecular weight is 299 g/mol. The molecule has 0 aliphatic rings. The molecule has 0 spiro atoms. The van der Waals surface area contributed by atoms with E-state index in [2.05, 4.69) is 4.98 Å². The van der Waals surface area contributed by atoms with Gasteiger partial charge in [-0.2, -0.15) is 0 Å². The molecule has 0 saturated carbocycles. The molecule has 114 valence electrons. The lowest BCUT2D eigenvalue weighted by atomic mass is 10.00. The second-order valence-electron chi connectivity index (χ2n) is 5.51. The summed E-state index contributed by atoms with van der Waals surface area (Å²) in [6.45, 7) is 2.00. The number of rotatable bonds is 4. The van der Waals surface area contributed by atoms with Gasteiger partial charge in [0.1, 0.15) is 10.7 Å². The highest BCUT2D eigenvalue weighted by Gasteiger charge is 2.27. The first kappa shape index (κ1) is 14.3. The van der Waals surface area contributed by atoms with E-state index in [1.54, 1.807) is 6.07 Å². The summed E-state index contributed by atoms with van der Waals surface area (Å²) in [6, 6.07) is 10.9. The van der Waals surface area contributed by atoms with Gasteiger partial charge < -0.3 is 9.40 Å². The van der Waals surface area contributed by atoms with E-state index in [1.807, 2.05) is 50.2 Å². The molecule has 22 heavy (non-hydrogen) atoms. The van der Waals surface area contributed by atoms with E-state index in [-0.39, 0.29) is 11.9 Å². The highest BCUT2D eigenvalue weighted by Crippen LogP contribution is 2.36. The van der Waals surface area contributed by atoms with Crippen LogP contribution in [0, 0.1) is 17.0 Å². The molecular formula is C16H17N3O3. The quantitative estimate of drug-likeness (QED) is 0.589. The van der Waals surface area contributed by atoms with E-state index in [1.165, 1.54) is 6.07 Å². The summed E-state index contributed by atoms with van der Waals surface area (Å²) in [4.78, 5) is 15.7. The molecule has 0 saturated heterocycles. The molecule has 0 aliphatic carbocycles. The van der Waals surface area contributed by atoms with Gasteiger partial charge in [-0.1, -0.05) is 18.2 Å². The molecule has 0 amide bonds. The minimum atomic E-state index is -0.516. The van der Waals surface area contributed by atoms with Crippen LogP contribution in [0.15, 0.2) is 40.8 Å². The Balaban J connectivity index is 2.18. The number of nitro groups is 1. The first-order chi connectivity index (χ1) is 10.5. The van der Waals surface area contributed by atoms with Crippen molar-refractivity contribution in [2.75, 3.05) is 14.1 Å². The Hall–Kier alpha value is -2.60. The third kappa shape index (κ3) is 2.27. The normalized spacial score (nSPS) is 12.9. The number of nitrogens with zero attached hydrogens (tertiary/aromatic N) is 2. The number of hydrogen-bond acceptors (Lipinski definition) is 4. The third-order valence-corrected chi connectivity index (χ3v) is 3.80. The van der Waals surface area contributed by atoms with Gasteiger partial charge >= 0.3 is 5.88 Å². The molecule has 1 unspecified atom stereocenters. The summed E-state index contributed by atoms with van der Waals surface area (Å²) < 4.78 is 5.44. The number of H-pyrrole nitrogens is 1. The minimum Gasteiger partial charge on any atom is -0.404 e. The minimum absolute atomic E-state index is 0.190. The summed E-state index contributed by atoms with van der Waals surface area (Å²) in [6.07, 6.45) is 0. The van der Waals surface area contributed by atoms with Gasteiger partial charge in [0.15, 0.2) is 0 Å². The van der Waals surface area contributed by atoms with Gasteiger partial charge in [-0.3, -0.25) is 15.0 Å². The zero-order valence-electron chi connectivity index (χ0n) is 12.7. The summed E-state index contributed by atoms with van der Waals surface area (Å²) in [5, 5.41) is 12.0. The lowest BCUT2D eigenvalue weighted by Gasteiger charge is -2.22. The number of fused-ring (bicyclic) bond motifs is 1. The molecule has 6 nitrogen and oxygen atoms in total. The molecule has 2 aromatic heterocycles. The summed E-state index contributed by atoms with van der Waals surface area (Å²) >= 11 is 0. The Bertz CT molecular complexity index is 832. The summed E-state index contributed by atoms with van der Waals surface area (Å²) in [7, 11) is 3.86. The molecule has 0 radical (unpaired) electrons. The van der Waals surface area contributed by atoms with Crippen LogP contribution < -0.4 is 0 Å². The van der Waals surface area contributed by atoms with Crippen molar-refractivity contribution >= 4 is 16.8 Å². The third-order valence-electron chi connectivity index (χ3n) is 3.80. The molecule has 3 aromatic rings. The van der Waals surface area contributed by atoms with Crippen LogP contribution in [0.1, 0.15) is 23.1 Å². The monoisotopic (exact) mass is 299 g/mol. The predicted molar refractivity (Wildman–Crippen MR) is 83.9 cm³/mol. The van der Waals surface area contributed by atoms with Crippen LogP contribution in [0.3, 0.4) is 0 Å². The molecule has 1 aromatic carbocycles. The Morgan fingerprint density at radius 3 is 2.59 bits per heavy atom. The van der Waals surface area contributed by atoms with Crippen molar-refractivity contribution in [1.82, 2.24) is 9.88 Å². The van der Waals surface area contributed by atoms with E-state index >= 15 is 0 Å². The summed E-state index contributed by atoms with van der Waals surface area (Å²) in [5.41, 5.74) is 3.15. The van der Waals surface area contributed by atoms with Gasteiger partial charge in [0.2, 0.25) is 0 Å². The predicted octanol–water partition coefficient (Wildman–Crippen LogP) is 3.63. The molecule has 0 bridgehead atoms. The molecular weight excluding hydrogens is 282 g/mol. The fourth-order valence-electron chi connectivity index (χ4n) is 2.89. The Kier molecular flexibility index (Phi) is 3.46. The molecule has 3 rings (SSSR count). The smallest absolute Gasteiger partial charge is 0.404 e. The average Bonchev–Trinajstić information content (AvgIpc) is 3.05. The van der Waals surface area contributed by atoms with E-state index in [4.69, 9.17) is 4.42 Å². The van der Waals surface area contributed by atoms with Crippen molar-refractivity contribution in [3.8, 4) is 0 Å². The first-order valence-electron chi connectivity index (χ1n) is 6.97. The number of aryl methyl sites for hydroxylation is 1. The topological polar surface area (TPSA) is 75.3 Å². The lowest BCUT2D eigenvalue weighted by molar-refractivity contribution is -0.402. The van der Waals surface area contributed by atoms with Gasteiger partial charge in [0.05, 0.1) is 12.1 Å². The van der Waals surface area contributed by atoms with Crippen LogP contribution in [0.2, 0.25) is 0 Å². The van der Waals surface area contributed by atoms with Crippen LogP contribution in [0.4, 0.5) is 5.88 Å². The van der Waals surface area contributed by atoms with E-state index in [9.17, 15) is 10.1 Å². The summed E-state index contributed by atoms with van der Waals surface area (Å²) in [5.74, 6) is 0.323. The van der Waals surface area contributed by atoms with Crippen molar-refractivity contribution in [3.63, 3.8) is 0 Å². The van der Waals surface area contributed by atoms with Crippen molar-refractivity contribution in [2.24, 2.45) is 0 Å². The zero-order valence-corrected chi connectivity index (χ0v) is 12.7. The number of aromatic amines is 1. The fraction of sp³-hybridized carbons (Fsp3) is 0.250. The molecule has 2 heterocycles. The van der Waals surface area contributed by atoms with Crippen LogP contribution in [-0.4, -0.2) is 28.9 Å². The van der Waals surface area contributed by atoms with Gasteiger partial charge in [-0.25, -0.2) is 0 Å². The molecule has 1 N–H and O–H groups in total. The molecule has 0 fully saturated rings. The van der Waals surface area contributed by atoms with Crippen LogP contribution in [0.25, 0.3) is 10.9 Å². The van der Waals surface area contributed by atoms with Crippen molar-refractivity contribution in [1.29, 1.82) is 0 Å². The van der Waals surface area contributed by atoms with Gasteiger partial charge in [-0.05, 0) is 33.2 Å². The lowest BCUT2D eigenvalue weighted by Crippen LogP contribution is -2.21. The van der Waals surface area contributed by atoms with E-state index in [0.717, 1.165) is 22.2 Å². The largest absolute Gasteiger partial charge is 0.433 e. The van der Waals surface area contributed by atoms with Gasteiger partial charge in [0.25, 0.3) is 0 Å². The number of nitrogens with one attached hydrogen (secondary N) is 1. The molecule has 0 aliphatic heterocycles. The van der Waals surface area contributed by atoms with E-state index in [0.29, 0.717) is 5.76 Å². The van der Waals surface area contributed by atoms with Crippen molar-refractivity contribution in [2.45, 2.75) is 13.0 Å². The second kappa shape index (κ2) is 5.31. The Labute approximate surface area is 127 Å². The number of aromatic nitrogens is 1. The maximum Gasteiger partial charge on any atom is 0.433 e.